The highest BCUT2D eigenvalue weighted by Crippen LogP contribution is 2.24. The van der Waals surface area contributed by atoms with Crippen LogP contribution in [0.2, 0.25) is 0 Å². The van der Waals surface area contributed by atoms with Crippen LogP contribution in [0.3, 0.4) is 0 Å². The summed E-state index contributed by atoms with van der Waals surface area (Å²) in [6.45, 7) is 18.1. The molecule has 0 amide bonds. The van der Waals surface area contributed by atoms with Crippen LogP contribution in [0, 0.1) is 0 Å². The number of ether oxygens (including phenoxy) is 1. The molecule has 1 saturated heterocycles. The first kappa shape index (κ1) is 31.9. The van der Waals surface area contributed by atoms with Gasteiger partial charge in [-0.3, -0.25) is 18.8 Å². The highest BCUT2D eigenvalue weighted by molar-refractivity contribution is 7.86. The summed E-state index contributed by atoms with van der Waals surface area (Å²) in [5.74, 6) is 2.17. The number of benzene rings is 1. The van der Waals surface area contributed by atoms with Gasteiger partial charge in [0.15, 0.2) is 0 Å². The Labute approximate surface area is 242 Å². The summed E-state index contributed by atoms with van der Waals surface area (Å²) in [7, 11) is -1.06. The Morgan fingerprint density at radius 3 is 2.15 bits per heavy atom. The van der Waals surface area contributed by atoms with Crippen LogP contribution in [0.5, 0.6) is 5.75 Å². The summed E-state index contributed by atoms with van der Waals surface area (Å²) in [6, 6.07) is 9.08. The van der Waals surface area contributed by atoms with Gasteiger partial charge in [-0.25, -0.2) is 9.00 Å². The molecule has 2 heterocycles. The molecule has 0 spiro atoms. The minimum Gasteiger partial charge on any atom is -0.488 e. The molecule has 9 nitrogen and oxygen atoms in total. The monoisotopic (exact) mass is 575 g/mol. The maximum Gasteiger partial charge on any atom is 0.333 e. The van der Waals surface area contributed by atoms with Crippen LogP contribution in [0.1, 0.15) is 86.2 Å². The molecule has 1 aliphatic rings. The molecule has 2 aromatic rings. The molecule has 0 radical (unpaired) electrons. The number of rotatable bonds is 14. The second-order valence-corrected chi connectivity index (χ2v) is 13.2. The lowest BCUT2D eigenvalue weighted by molar-refractivity contribution is 0.0821. The van der Waals surface area contributed by atoms with Crippen molar-refractivity contribution < 1.29 is 8.95 Å². The van der Waals surface area contributed by atoms with E-state index in [9.17, 15) is 13.8 Å². The lowest BCUT2D eigenvalue weighted by atomic mass is 10.0. The van der Waals surface area contributed by atoms with Crippen LogP contribution in [-0.2, 0) is 11.0 Å². The predicted octanol–water partition coefficient (Wildman–Crippen LogP) is 4.81. The predicted molar refractivity (Wildman–Crippen MR) is 166 cm³/mol. The van der Waals surface area contributed by atoms with E-state index in [0.717, 1.165) is 69.8 Å². The number of hydrogen-bond acceptors (Lipinski definition) is 6. The second-order valence-electron chi connectivity index (χ2n) is 11.9. The molecular formula is C30H49N5O4S. The van der Waals surface area contributed by atoms with Crippen LogP contribution in [0.15, 0.2) is 39.9 Å². The number of piperazine rings is 1. The molecule has 0 bridgehead atoms. The van der Waals surface area contributed by atoms with Gasteiger partial charge in [-0.15, -0.1) is 0 Å². The van der Waals surface area contributed by atoms with Crippen molar-refractivity contribution in [1.29, 1.82) is 0 Å². The van der Waals surface area contributed by atoms with Gasteiger partial charge < -0.3 is 14.4 Å². The fraction of sp³-hybridized carbons (Fsp3) is 0.667. The maximum atomic E-state index is 13.1. The van der Waals surface area contributed by atoms with Gasteiger partial charge in [-0.1, -0.05) is 19.8 Å². The van der Waals surface area contributed by atoms with Gasteiger partial charge in [0, 0.05) is 62.3 Å². The molecule has 1 aromatic carbocycles. The third kappa shape index (κ3) is 8.70. The second kappa shape index (κ2) is 14.3. The van der Waals surface area contributed by atoms with Crippen molar-refractivity contribution >= 4 is 22.5 Å². The summed E-state index contributed by atoms with van der Waals surface area (Å²) < 4.78 is 24.6. The molecule has 1 atom stereocenters. The van der Waals surface area contributed by atoms with Crippen molar-refractivity contribution in [3.8, 4) is 5.75 Å². The van der Waals surface area contributed by atoms with Gasteiger partial charge in [-0.2, -0.15) is 0 Å². The van der Waals surface area contributed by atoms with Crippen molar-refractivity contribution in [1.82, 2.24) is 14.0 Å². The summed E-state index contributed by atoms with van der Waals surface area (Å²) in [6.07, 6.45) is 4.03. The Hall–Kier alpha value is -2.59. The van der Waals surface area contributed by atoms with E-state index in [1.54, 1.807) is 10.6 Å². The molecule has 1 fully saturated rings. The minimum absolute atomic E-state index is 0.0399. The number of anilines is 2. The third-order valence-corrected chi connectivity index (χ3v) is 8.44. The molecule has 3 rings (SSSR count). The lowest BCUT2D eigenvalue weighted by Gasteiger charge is -2.38. The smallest absolute Gasteiger partial charge is 0.333 e. The zero-order valence-corrected chi connectivity index (χ0v) is 26.3. The molecule has 0 aliphatic carbocycles. The van der Waals surface area contributed by atoms with Crippen LogP contribution < -0.4 is 25.6 Å². The summed E-state index contributed by atoms with van der Waals surface area (Å²) in [4.78, 5) is 30.5. The molecule has 10 heteroatoms. The molecule has 224 valence electrons. The van der Waals surface area contributed by atoms with E-state index in [1.165, 1.54) is 4.57 Å². The highest BCUT2D eigenvalue weighted by Gasteiger charge is 2.26. The average molecular weight is 576 g/mol. The molecule has 1 unspecified atom stereocenters. The Bertz CT molecular complexity index is 1230. The number of hydrogen-bond donors (Lipinski definition) is 1. The van der Waals surface area contributed by atoms with E-state index in [4.69, 9.17) is 4.74 Å². The average Bonchev–Trinajstić information content (AvgIpc) is 2.88. The first-order chi connectivity index (χ1) is 18.9. The molecule has 40 heavy (non-hydrogen) atoms. The number of nitrogens with one attached hydrogen (secondary N) is 1. The fourth-order valence-corrected chi connectivity index (χ4v) is 5.98. The number of unbranched alkanes of at least 4 members (excludes halogenated alkanes) is 2. The third-order valence-electron chi connectivity index (χ3n) is 7.32. The zero-order chi connectivity index (χ0) is 29.4. The zero-order valence-electron chi connectivity index (χ0n) is 25.4. The minimum atomic E-state index is -1.06. The standard InChI is InChI=1S/C30H49N5O4S/c1-8-9-10-21-40(38)31-25-11-13-26(14-12-25)39-30(6,7)15-16-32-17-19-33(20-18-32)27-22-28(36)35(24(4)5)29(37)34(27)23(2)3/h11-14,22-24,31H,8-10,15-21H2,1-7H3. The van der Waals surface area contributed by atoms with Crippen LogP contribution in [-0.4, -0.2) is 62.3 Å². The van der Waals surface area contributed by atoms with Gasteiger partial charge in [0.05, 0.1) is 0 Å². The maximum absolute atomic E-state index is 13.1. The molecular weight excluding hydrogens is 526 g/mol. The summed E-state index contributed by atoms with van der Waals surface area (Å²) in [5.41, 5.74) is 0.00609. The Balaban J connectivity index is 1.53. The van der Waals surface area contributed by atoms with E-state index in [-0.39, 0.29) is 28.9 Å². The first-order valence-electron chi connectivity index (χ1n) is 14.7. The largest absolute Gasteiger partial charge is 0.488 e. The fourth-order valence-electron chi connectivity index (χ4n) is 5.02. The van der Waals surface area contributed by atoms with Crippen molar-refractivity contribution in [2.75, 3.05) is 48.1 Å². The highest BCUT2D eigenvalue weighted by atomic mass is 32.2. The Morgan fingerprint density at radius 1 is 0.950 bits per heavy atom. The first-order valence-corrected chi connectivity index (χ1v) is 16.0. The van der Waals surface area contributed by atoms with Crippen molar-refractivity contribution in [3.63, 3.8) is 0 Å². The van der Waals surface area contributed by atoms with E-state index in [1.807, 2.05) is 52.0 Å². The molecule has 0 saturated carbocycles. The van der Waals surface area contributed by atoms with Crippen molar-refractivity contribution in [2.24, 2.45) is 0 Å². The number of aromatic nitrogens is 2. The van der Waals surface area contributed by atoms with Gasteiger partial charge >= 0.3 is 5.69 Å². The van der Waals surface area contributed by atoms with Gasteiger partial charge in [0.25, 0.3) is 5.56 Å². The topological polar surface area (TPSA) is 88.8 Å². The molecule has 1 aliphatic heterocycles. The molecule has 1 aromatic heterocycles. The van der Waals surface area contributed by atoms with Gasteiger partial charge in [0.2, 0.25) is 0 Å². The van der Waals surface area contributed by atoms with Gasteiger partial charge in [0.1, 0.15) is 28.2 Å². The quantitative estimate of drug-likeness (QED) is 0.326. The van der Waals surface area contributed by atoms with E-state index in [0.29, 0.717) is 11.6 Å². The lowest BCUT2D eigenvalue weighted by Crippen LogP contribution is -2.51. The van der Waals surface area contributed by atoms with E-state index in [2.05, 4.69) is 35.3 Å². The summed E-state index contributed by atoms with van der Waals surface area (Å²) in [5, 5.41) is 0. The van der Waals surface area contributed by atoms with Crippen molar-refractivity contribution in [2.45, 2.75) is 91.8 Å². The molecule has 1 N–H and O–H groups in total. The summed E-state index contributed by atoms with van der Waals surface area (Å²) >= 11 is 0. The van der Waals surface area contributed by atoms with Crippen LogP contribution in [0.4, 0.5) is 11.5 Å². The van der Waals surface area contributed by atoms with E-state index < -0.39 is 11.0 Å². The van der Waals surface area contributed by atoms with Crippen LogP contribution >= 0.6 is 0 Å². The Morgan fingerprint density at radius 2 is 1.57 bits per heavy atom. The van der Waals surface area contributed by atoms with Crippen LogP contribution in [0.25, 0.3) is 0 Å². The van der Waals surface area contributed by atoms with Crippen molar-refractivity contribution in [3.05, 3.63) is 51.2 Å². The number of nitrogens with zero attached hydrogens (tertiary/aromatic N) is 4. The Kier molecular flexibility index (Phi) is 11.5. The van der Waals surface area contributed by atoms with E-state index >= 15 is 0 Å². The van der Waals surface area contributed by atoms with Gasteiger partial charge in [-0.05, 0) is 78.6 Å². The SMILES string of the molecule is CCCCCS(=O)Nc1ccc(OC(C)(C)CCN2CCN(c3cc(=O)n(C(C)C)c(=O)n3C(C)C)CC2)cc1. The normalized spacial score (nSPS) is 15.6.